The SMILES string of the molecule is Cc1c[c-]c(-c2cc(C)c(C)cn2)cc1.[2H]C([2H])([2H])c1ccc2c(n1)oc1c(-c3cc(CCc4ccc(CC(C)(C)C)cc4)ccn3)[c-]ccc12.[Ir]. The molecule has 0 spiro atoms. The molecule has 1 radical (unpaired) electrons. The van der Waals surface area contributed by atoms with E-state index in [-0.39, 0.29) is 31.2 Å². The minimum atomic E-state index is -2.29. The van der Waals surface area contributed by atoms with E-state index in [2.05, 4.69) is 117 Å². The molecule has 0 aliphatic heterocycles. The molecule has 3 aromatic carbocycles. The van der Waals surface area contributed by atoms with Gasteiger partial charge >= 0.3 is 0 Å². The van der Waals surface area contributed by atoms with Crippen molar-refractivity contribution < 1.29 is 28.6 Å². The van der Waals surface area contributed by atoms with Crippen LogP contribution in [0.15, 0.2) is 102 Å². The van der Waals surface area contributed by atoms with Gasteiger partial charge in [0.05, 0.1) is 5.58 Å². The number of furan rings is 1. The zero-order valence-corrected chi connectivity index (χ0v) is 31.3. The molecule has 0 saturated carbocycles. The van der Waals surface area contributed by atoms with Crippen molar-refractivity contribution >= 4 is 22.1 Å². The zero-order valence-electron chi connectivity index (χ0n) is 31.9. The fourth-order valence-electron chi connectivity index (χ4n) is 5.74. The van der Waals surface area contributed by atoms with Crippen LogP contribution in [-0.4, -0.2) is 15.0 Å². The third-order valence-corrected chi connectivity index (χ3v) is 8.46. The van der Waals surface area contributed by atoms with Gasteiger partial charge in [0.25, 0.3) is 0 Å². The number of rotatable bonds is 6. The van der Waals surface area contributed by atoms with Crippen molar-refractivity contribution in [3.05, 3.63) is 149 Å². The molecule has 0 aliphatic carbocycles. The molecule has 0 saturated heterocycles. The van der Waals surface area contributed by atoms with E-state index in [9.17, 15) is 0 Å². The van der Waals surface area contributed by atoms with Gasteiger partial charge in [-0.15, -0.1) is 53.6 Å². The summed E-state index contributed by atoms with van der Waals surface area (Å²) in [6.07, 6.45) is 6.64. The van der Waals surface area contributed by atoms with E-state index in [0.717, 1.165) is 52.5 Å². The molecule has 0 atom stereocenters. The molecule has 5 heteroatoms. The number of fused-ring (bicyclic) bond motifs is 3. The Labute approximate surface area is 308 Å². The molecule has 0 bridgehead atoms. The number of nitrogens with zero attached hydrogens (tertiary/aromatic N) is 3. The minimum Gasteiger partial charge on any atom is -0.486 e. The predicted octanol–water partition coefficient (Wildman–Crippen LogP) is 11.0. The van der Waals surface area contributed by atoms with Gasteiger partial charge in [0, 0.05) is 47.7 Å². The topological polar surface area (TPSA) is 51.8 Å². The van der Waals surface area contributed by atoms with Gasteiger partial charge in [-0.2, -0.15) is 0 Å². The smallest absolute Gasteiger partial charge is 0.216 e. The van der Waals surface area contributed by atoms with Gasteiger partial charge in [0.1, 0.15) is 0 Å². The average Bonchev–Trinajstić information content (AvgIpc) is 3.47. The summed E-state index contributed by atoms with van der Waals surface area (Å²) in [7, 11) is 0. The molecule has 49 heavy (non-hydrogen) atoms. The average molecular weight is 825 g/mol. The summed E-state index contributed by atoms with van der Waals surface area (Å²) in [6, 6.07) is 34.9. The van der Waals surface area contributed by atoms with Crippen LogP contribution in [-0.2, 0) is 39.4 Å². The van der Waals surface area contributed by atoms with Crippen molar-refractivity contribution in [3.8, 4) is 22.5 Å². The van der Waals surface area contributed by atoms with Crippen LogP contribution in [0.5, 0.6) is 0 Å². The van der Waals surface area contributed by atoms with E-state index < -0.39 is 6.85 Å². The second-order valence-corrected chi connectivity index (χ2v) is 13.8. The maximum Gasteiger partial charge on any atom is 0.216 e. The molecule has 4 heterocycles. The molecule has 0 unspecified atom stereocenters. The normalized spacial score (nSPS) is 12.4. The Morgan fingerprint density at radius 1 is 0.755 bits per heavy atom. The minimum absolute atomic E-state index is 0. The fourth-order valence-corrected chi connectivity index (χ4v) is 5.74. The van der Waals surface area contributed by atoms with Crippen LogP contribution in [0.1, 0.15) is 64.0 Å². The van der Waals surface area contributed by atoms with Crippen LogP contribution >= 0.6 is 0 Å². The summed E-state index contributed by atoms with van der Waals surface area (Å²) in [5.74, 6) is 0. The zero-order chi connectivity index (χ0) is 36.3. The predicted molar refractivity (Wildman–Crippen MR) is 198 cm³/mol. The van der Waals surface area contributed by atoms with Crippen LogP contribution in [0.25, 0.3) is 44.6 Å². The summed E-state index contributed by atoms with van der Waals surface area (Å²) in [6.45, 7) is 10.7. The van der Waals surface area contributed by atoms with Crippen LogP contribution in [0, 0.1) is 45.2 Å². The van der Waals surface area contributed by atoms with Gasteiger partial charge in [0.2, 0.25) is 5.71 Å². The molecule has 7 rings (SSSR count). The van der Waals surface area contributed by atoms with Gasteiger partial charge in [-0.1, -0.05) is 86.2 Å². The molecule has 7 aromatic rings. The van der Waals surface area contributed by atoms with E-state index in [0.29, 0.717) is 11.3 Å². The van der Waals surface area contributed by atoms with Gasteiger partial charge in [0.15, 0.2) is 0 Å². The first-order valence-corrected chi connectivity index (χ1v) is 16.4. The number of pyridine rings is 3. The summed E-state index contributed by atoms with van der Waals surface area (Å²) >= 11 is 0. The van der Waals surface area contributed by atoms with Gasteiger partial charge in [-0.25, -0.2) is 4.98 Å². The number of benzene rings is 3. The molecule has 0 amide bonds. The second-order valence-electron chi connectivity index (χ2n) is 13.8. The van der Waals surface area contributed by atoms with Crippen molar-refractivity contribution in [3.63, 3.8) is 0 Å². The van der Waals surface area contributed by atoms with E-state index in [1.807, 2.05) is 36.7 Å². The molecule has 4 nitrogen and oxygen atoms in total. The number of aromatic nitrogens is 3. The van der Waals surface area contributed by atoms with Gasteiger partial charge in [-0.05, 0) is 91.7 Å². The van der Waals surface area contributed by atoms with Crippen LogP contribution < -0.4 is 0 Å². The molecule has 0 N–H and O–H groups in total. The summed E-state index contributed by atoms with van der Waals surface area (Å²) in [4.78, 5) is 13.3. The third-order valence-electron chi connectivity index (χ3n) is 8.46. The first-order valence-electron chi connectivity index (χ1n) is 17.9. The molecule has 251 valence electrons. The van der Waals surface area contributed by atoms with Crippen LogP contribution in [0.3, 0.4) is 0 Å². The van der Waals surface area contributed by atoms with Gasteiger partial charge < -0.3 is 14.4 Å². The second kappa shape index (κ2) is 15.4. The van der Waals surface area contributed by atoms with Crippen molar-refractivity contribution in [2.75, 3.05) is 0 Å². The molecule has 0 fully saturated rings. The monoisotopic (exact) mass is 825 g/mol. The first-order chi connectivity index (χ1) is 24.2. The molecule has 0 aliphatic rings. The number of hydrogen-bond donors (Lipinski definition) is 0. The van der Waals surface area contributed by atoms with Crippen molar-refractivity contribution in [2.45, 2.75) is 67.7 Å². The van der Waals surface area contributed by atoms with E-state index in [1.165, 1.54) is 39.4 Å². The van der Waals surface area contributed by atoms with E-state index >= 15 is 0 Å². The maximum absolute atomic E-state index is 7.64. The Balaban J connectivity index is 0.000000274. The fraction of sp³-hybridized carbons (Fsp3) is 0.250. The molecule has 4 aromatic heterocycles. The van der Waals surface area contributed by atoms with E-state index in [4.69, 9.17) is 8.53 Å². The van der Waals surface area contributed by atoms with Crippen LogP contribution in [0.2, 0.25) is 0 Å². The van der Waals surface area contributed by atoms with Crippen molar-refractivity contribution in [2.24, 2.45) is 5.41 Å². The molecular weight excluding hydrogens is 779 g/mol. The Bertz CT molecular complexity index is 2290. The summed E-state index contributed by atoms with van der Waals surface area (Å²) in [5.41, 5.74) is 12.4. The maximum atomic E-state index is 7.64. The molecular formula is C44H43IrN3O-2. The Morgan fingerprint density at radius 2 is 1.53 bits per heavy atom. The van der Waals surface area contributed by atoms with Crippen LogP contribution in [0.4, 0.5) is 0 Å². The summed E-state index contributed by atoms with van der Waals surface area (Å²) < 4.78 is 29.0. The van der Waals surface area contributed by atoms with Crippen molar-refractivity contribution in [1.82, 2.24) is 15.0 Å². The number of aryl methyl sites for hydroxylation is 6. The standard InChI is InChI=1S/C30H29N2O.C14H14N.Ir/c1-20-8-15-25-24-6-5-7-26(28(24)33-29(25)32-20)27-18-22(16-17-31-27)12-9-21-10-13-23(14-11-21)19-30(2,3)4;1-10-4-6-13(7-5-10)14-8-11(2)12(3)9-15-14;/h5-6,8,10-11,13-18H,9,12,19H2,1-4H3;4-6,8-9H,1-3H3;/q2*-1;/i1D3;;. The third kappa shape index (κ3) is 8.97. The Hall–Kier alpha value is -4.44. The number of hydrogen-bond acceptors (Lipinski definition) is 4. The van der Waals surface area contributed by atoms with E-state index in [1.54, 1.807) is 6.07 Å². The van der Waals surface area contributed by atoms with Crippen molar-refractivity contribution in [1.29, 1.82) is 0 Å². The Kier molecular flexibility index (Phi) is 10.0. The first kappa shape index (κ1) is 31.8. The Morgan fingerprint density at radius 3 is 2.24 bits per heavy atom. The summed E-state index contributed by atoms with van der Waals surface area (Å²) in [5, 5.41) is 1.64. The quantitative estimate of drug-likeness (QED) is 0.157. The van der Waals surface area contributed by atoms with Gasteiger partial charge in [-0.3, -0.25) is 0 Å². The largest absolute Gasteiger partial charge is 0.486 e.